The molecule has 0 unspecified atom stereocenters. The Morgan fingerprint density at radius 2 is 1.60 bits per heavy atom. The van der Waals surface area contributed by atoms with Crippen molar-refractivity contribution in [3.05, 3.63) is 82.6 Å². The topological polar surface area (TPSA) is 201 Å². The second kappa shape index (κ2) is 9.01. The van der Waals surface area contributed by atoms with Crippen LogP contribution in [0, 0.1) is 0 Å². The van der Waals surface area contributed by atoms with Crippen LogP contribution < -0.4 is 21.5 Å². The van der Waals surface area contributed by atoms with Gasteiger partial charge in [-0.05, 0) is 54.6 Å². The zero-order valence-electron chi connectivity index (χ0n) is 17.6. The van der Waals surface area contributed by atoms with E-state index in [1.165, 1.54) is 30.3 Å². The fraction of sp³-hybridized carbons (Fsp3) is 0. The normalized spacial score (nSPS) is 11.9. The second-order valence-corrected chi connectivity index (χ2v) is 10.3. The van der Waals surface area contributed by atoms with Crippen molar-refractivity contribution < 1.29 is 26.2 Å². The zero-order chi connectivity index (χ0) is 25.4. The van der Waals surface area contributed by atoms with Crippen LogP contribution in [0.15, 0.2) is 81.3 Å². The van der Waals surface area contributed by atoms with E-state index >= 15 is 0 Å². The summed E-state index contributed by atoms with van der Waals surface area (Å²) in [6.07, 6.45) is 0. The number of nitrogens with two attached hydrogens (primary N) is 1. The molecule has 14 heteroatoms. The minimum Gasteiger partial charge on any atom is -0.321 e. The summed E-state index contributed by atoms with van der Waals surface area (Å²) in [5.74, 6) is 4.27. The molecule has 12 nitrogen and oxygen atoms in total. The molecule has 0 radical (unpaired) electrons. The lowest BCUT2D eigenvalue weighted by Crippen LogP contribution is -2.30. The summed E-state index contributed by atoms with van der Waals surface area (Å²) >= 11 is 0. The van der Waals surface area contributed by atoms with Crippen molar-refractivity contribution in [3.63, 3.8) is 0 Å². The van der Waals surface area contributed by atoms with Gasteiger partial charge in [-0.1, -0.05) is 12.1 Å². The molecule has 3 aromatic carbocycles. The number of H-pyrrole nitrogens is 1. The first-order chi connectivity index (χ1) is 16.5. The molecule has 0 aliphatic heterocycles. The van der Waals surface area contributed by atoms with E-state index in [0.717, 1.165) is 12.1 Å². The van der Waals surface area contributed by atoms with Crippen molar-refractivity contribution >= 4 is 42.6 Å². The minimum atomic E-state index is -4.61. The molecule has 0 spiro atoms. The van der Waals surface area contributed by atoms with Gasteiger partial charge in [0.05, 0.1) is 26.4 Å². The number of rotatable bonds is 6. The van der Waals surface area contributed by atoms with E-state index in [2.05, 4.69) is 15.3 Å². The number of aromatic nitrogens is 2. The number of anilines is 1. The molecule has 0 aliphatic carbocycles. The minimum absolute atomic E-state index is 0.0165. The third kappa shape index (κ3) is 4.96. The molecule has 0 saturated carbocycles. The molecule has 6 N–H and O–H groups in total. The van der Waals surface area contributed by atoms with Gasteiger partial charge in [0.25, 0.3) is 31.6 Å². The summed E-state index contributed by atoms with van der Waals surface area (Å²) in [6.45, 7) is 0. The molecule has 35 heavy (non-hydrogen) atoms. The van der Waals surface area contributed by atoms with E-state index in [-0.39, 0.29) is 27.5 Å². The lowest BCUT2D eigenvalue weighted by molar-refractivity contribution is 0.102. The molecule has 4 rings (SSSR count). The fourth-order valence-electron chi connectivity index (χ4n) is 3.25. The van der Waals surface area contributed by atoms with Crippen LogP contribution in [0.2, 0.25) is 0 Å². The summed E-state index contributed by atoms with van der Waals surface area (Å²) in [5, 5.41) is 2.88. The number of hydrazine groups is 1. The van der Waals surface area contributed by atoms with Gasteiger partial charge < -0.3 is 10.3 Å². The first-order valence-electron chi connectivity index (χ1n) is 9.74. The Kier molecular flexibility index (Phi) is 6.23. The molecule has 1 aromatic heterocycles. The van der Waals surface area contributed by atoms with Crippen LogP contribution >= 0.6 is 0 Å². The largest absolute Gasteiger partial charge is 0.321 e. The van der Waals surface area contributed by atoms with Crippen molar-refractivity contribution in [3.8, 4) is 11.4 Å². The summed E-state index contributed by atoms with van der Waals surface area (Å²) in [4.78, 5) is 33.3. The maximum absolute atomic E-state index is 12.8. The van der Waals surface area contributed by atoms with Gasteiger partial charge in [0.15, 0.2) is 0 Å². The molecule has 1 heterocycles. The van der Waals surface area contributed by atoms with Gasteiger partial charge >= 0.3 is 0 Å². The van der Waals surface area contributed by atoms with Crippen molar-refractivity contribution in [1.82, 2.24) is 14.8 Å². The Morgan fingerprint density at radius 1 is 0.943 bits per heavy atom. The first kappa shape index (κ1) is 24.2. The average molecular weight is 516 g/mol. The van der Waals surface area contributed by atoms with Gasteiger partial charge in [0.1, 0.15) is 5.82 Å². The summed E-state index contributed by atoms with van der Waals surface area (Å²) in [7, 11) is -8.52. The Balaban J connectivity index is 1.78. The maximum atomic E-state index is 12.8. The Morgan fingerprint density at radius 3 is 2.26 bits per heavy atom. The molecule has 0 atom stereocenters. The van der Waals surface area contributed by atoms with Crippen LogP contribution in [-0.2, 0) is 20.1 Å². The van der Waals surface area contributed by atoms with Crippen molar-refractivity contribution in [2.24, 2.45) is 5.84 Å². The Hall–Kier alpha value is -3.95. The van der Waals surface area contributed by atoms with Crippen molar-refractivity contribution in [2.75, 3.05) is 5.32 Å². The number of sulfonamides is 1. The first-order valence-corrected chi connectivity index (χ1v) is 12.7. The molecule has 4 aromatic rings. The van der Waals surface area contributed by atoms with E-state index in [1.807, 2.05) is 0 Å². The standard InChI is InChI=1S/C21H17N5O7S2/c22-26-34(29,30)13-7-5-12(6-8-13)20(27)24-18-10-9-14(35(31,32)33)11-16(18)19-23-17-4-2-1-3-15(17)21(28)25-19/h1-11,26H,22H2,(H,24,27)(H,23,25,28)(H,31,32,33). The SMILES string of the molecule is NNS(=O)(=O)c1ccc(C(=O)Nc2ccc(S(=O)(=O)O)cc2-c2nc3ccccc3c(=O)[nH]2)cc1. The van der Waals surface area contributed by atoms with Crippen LogP contribution in [-0.4, -0.2) is 37.3 Å². The van der Waals surface area contributed by atoms with Gasteiger partial charge in [0.2, 0.25) is 0 Å². The predicted octanol–water partition coefficient (Wildman–Crippen LogP) is 1.24. The summed E-state index contributed by atoms with van der Waals surface area (Å²) in [6, 6.07) is 14.7. The van der Waals surface area contributed by atoms with E-state index in [4.69, 9.17) is 5.84 Å². The maximum Gasteiger partial charge on any atom is 0.294 e. The van der Waals surface area contributed by atoms with Crippen molar-refractivity contribution in [1.29, 1.82) is 0 Å². The highest BCUT2D eigenvalue weighted by Crippen LogP contribution is 2.29. The molecule has 180 valence electrons. The number of hydrogen-bond donors (Lipinski definition) is 5. The number of carbonyl (C=O) groups is 1. The van der Waals surface area contributed by atoms with Crippen LogP contribution in [0.5, 0.6) is 0 Å². The number of nitrogens with one attached hydrogen (secondary N) is 3. The molecule has 0 fully saturated rings. The van der Waals surface area contributed by atoms with Gasteiger partial charge in [0, 0.05) is 11.1 Å². The van der Waals surface area contributed by atoms with Crippen LogP contribution in [0.4, 0.5) is 5.69 Å². The molecular weight excluding hydrogens is 498 g/mol. The Labute approximate surface area is 198 Å². The molecule has 1 amide bonds. The number of nitrogens with zero attached hydrogens (tertiary/aromatic N) is 1. The van der Waals surface area contributed by atoms with Crippen molar-refractivity contribution in [2.45, 2.75) is 9.79 Å². The average Bonchev–Trinajstić information content (AvgIpc) is 2.83. The lowest BCUT2D eigenvalue weighted by Gasteiger charge is -2.13. The molecule has 0 aliphatic rings. The highest BCUT2D eigenvalue weighted by Gasteiger charge is 2.19. The highest BCUT2D eigenvalue weighted by atomic mass is 32.2. The molecular formula is C21H17N5O7S2. The van der Waals surface area contributed by atoms with E-state index in [1.54, 1.807) is 29.1 Å². The van der Waals surface area contributed by atoms with Gasteiger partial charge in [-0.2, -0.15) is 13.2 Å². The smallest absolute Gasteiger partial charge is 0.294 e. The quantitative estimate of drug-likeness (QED) is 0.142. The van der Waals surface area contributed by atoms with E-state index in [0.29, 0.717) is 10.9 Å². The monoisotopic (exact) mass is 515 g/mol. The number of para-hydroxylation sites is 1. The highest BCUT2D eigenvalue weighted by molar-refractivity contribution is 7.89. The van der Waals surface area contributed by atoms with Crippen LogP contribution in [0.25, 0.3) is 22.3 Å². The van der Waals surface area contributed by atoms with Crippen LogP contribution in [0.3, 0.4) is 0 Å². The van der Waals surface area contributed by atoms with E-state index < -0.39 is 36.5 Å². The lowest BCUT2D eigenvalue weighted by atomic mass is 10.1. The number of benzene rings is 3. The summed E-state index contributed by atoms with van der Waals surface area (Å²) < 4.78 is 56.4. The van der Waals surface area contributed by atoms with Gasteiger partial charge in [-0.15, -0.1) is 0 Å². The number of hydrogen-bond acceptors (Lipinski definition) is 8. The molecule has 0 bridgehead atoms. The number of aromatic amines is 1. The van der Waals surface area contributed by atoms with E-state index in [9.17, 15) is 31.0 Å². The second-order valence-electron chi connectivity index (χ2n) is 7.21. The van der Waals surface area contributed by atoms with Gasteiger partial charge in [-0.3, -0.25) is 20.0 Å². The van der Waals surface area contributed by atoms with Crippen LogP contribution in [0.1, 0.15) is 10.4 Å². The fourth-order valence-corrected chi connectivity index (χ4v) is 4.39. The number of carbonyl (C=O) groups excluding carboxylic acids is 1. The van der Waals surface area contributed by atoms with Gasteiger partial charge in [-0.25, -0.2) is 13.4 Å². The third-order valence-electron chi connectivity index (χ3n) is 4.99. The summed E-state index contributed by atoms with van der Waals surface area (Å²) in [5.41, 5.74) is -0.00806. The third-order valence-corrected chi connectivity index (χ3v) is 7.04. The zero-order valence-corrected chi connectivity index (χ0v) is 19.2. The predicted molar refractivity (Wildman–Crippen MR) is 127 cm³/mol. The molecule has 0 saturated heterocycles. The number of amides is 1. The number of fused-ring (bicyclic) bond motifs is 1. The Bertz CT molecular complexity index is 1730.